The van der Waals surface area contributed by atoms with Crippen molar-refractivity contribution in [1.82, 2.24) is 0 Å². The monoisotopic (exact) mass is 270 g/mol. The Balaban J connectivity index is 3.46. The van der Waals surface area contributed by atoms with E-state index in [4.69, 9.17) is 16.7 Å². The smallest absolute Gasteiger partial charge is 0.335 e. The number of alkyl halides is 2. The van der Waals surface area contributed by atoms with E-state index in [2.05, 4.69) is 22.9 Å². The van der Waals surface area contributed by atoms with Crippen LogP contribution in [0.5, 0.6) is 0 Å². The van der Waals surface area contributed by atoms with Crippen LogP contribution in [0.2, 0.25) is 0 Å². The summed E-state index contributed by atoms with van der Waals surface area (Å²) in [6.07, 6.45) is 5.97. The van der Waals surface area contributed by atoms with Crippen LogP contribution < -0.4 is 0 Å². The molecule has 0 saturated heterocycles. The van der Waals surface area contributed by atoms with Gasteiger partial charge in [0, 0.05) is 0 Å². The number of unbranched alkanes of at least 4 members (excludes halogenated alkanes) is 4. The molecule has 0 aliphatic heterocycles. The molecule has 2 nitrogen and oxygen atoms in total. The van der Waals surface area contributed by atoms with Crippen molar-refractivity contribution in [2.75, 3.05) is 0 Å². The minimum absolute atomic E-state index is 0.480. The predicted octanol–water partition coefficient (Wildman–Crippen LogP) is 3.76. The van der Waals surface area contributed by atoms with Crippen molar-refractivity contribution in [3.63, 3.8) is 0 Å². The lowest BCUT2D eigenvalue weighted by Crippen LogP contribution is -2.24. The summed E-state index contributed by atoms with van der Waals surface area (Å²) in [6.45, 7) is 2.15. The van der Waals surface area contributed by atoms with E-state index in [1.54, 1.807) is 0 Å². The molecule has 13 heavy (non-hydrogen) atoms. The van der Waals surface area contributed by atoms with Crippen molar-refractivity contribution in [2.45, 2.75) is 49.2 Å². The molecular weight excluding hydrogens is 255 g/mol. The summed E-state index contributed by atoms with van der Waals surface area (Å²) < 4.78 is -1.25. The second kappa shape index (κ2) is 6.66. The SMILES string of the molecule is CCCCCCCC(Cl)(Br)C(=O)O. The summed E-state index contributed by atoms with van der Waals surface area (Å²) in [5.74, 6) is -0.996. The summed E-state index contributed by atoms with van der Waals surface area (Å²) in [4.78, 5) is 10.6. The third-order valence-corrected chi connectivity index (χ3v) is 2.99. The lowest BCUT2D eigenvalue weighted by Gasteiger charge is -2.13. The fourth-order valence-corrected chi connectivity index (χ4v) is 1.47. The van der Waals surface area contributed by atoms with Gasteiger partial charge in [-0.25, -0.2) is 4.79 Å². The van der Waals surface area contributed by atoms with Gasteiger partial charge in [0.05, 0.1) is 0 Å². The topological polar surface area (TPSA) is 37.3 Å². The first kappa shape index (κ1) is 13.2. The van der Waals surface area contributed by atoms with Gasteiger partial charge >= 0.3 is 5.97 Å². The lowest BCUT2D eigenvalue weighted by atomic mass is 10.1. The van der Waals surface area contributed by atoms with Crippen LogP contribution in [0.3, 0.4) is 0 Å². The van der Waals surface area contributed by atoms with Gasteiger partial charge < -0.3 is 5.11 Å². The Kier molecular flexibility index (Phi) is 6.78. The Labute approximate surface area is 92.8 Å². The van der Waals surface area contributed by atoms with E-state index >= 15 is 0 Å². The summed E-state index contributed by atoms with van der Waals surface area (Å²) in [5.41, 5.74) is 0. The fourth-order valence-electron chi connectivity index (χ4n) is 1.06. The first-order valence-corrected chi connectivity index (χ1v) is 5.79. The number of carboxylic acids is 1. The van der Waals surface area contributed by atoms with Crippen molar-refractivity contribution in [2.24, 2.45) is 0 Å². The van der Waals surface area contributed by atoms with Gasteiger partial charge in [0.2, 0.25) is 0 Å². The van der Waals surface area contributed by atoms with Gasteiger partial charge in [0.15, 0.2) is 3.78 Å². The van der Waals surface area contributed by atoms with E-state index in [0.29, 0.717) is 6.42 Å². The maximum absolute atomic E-state index is 10.6. The van der Waals surface area contributed by atoms with Crippen molar-refractivity contribution in [1.29, 1.82) is 0 Å². The molecule has 4 heteroatoms. The van der Waals surface area contributed by atoms with Crippen LogP contribution in [-0.4, -0.2) is 14.9 Å². The van der Waals surface area contributed by atoms with Crippen molar-refractivity contribution >= 4 is 33.5 Å². The van der Waals surface area contributed by atoms with E-state index in [9.17, 15) is 4.79 Å². The fraction of sp³-hybridized carbons (Fsp3) is 0.889. The molecule has 0 bridgehead atoms. The molecule has 0 heterocycles. The number of halogens is 2. The van der Waals surface area contributed by atoms with Crippen LogP contribution >= 0.6 is 27.5 Å². The number of carbonyl (C=O) groups is 1. The quantitative estimate of drug-likeness (QED) is 0.565. The normalized spacial score (nSPS) is 15.3. The van der Waals surface area contributed by atoms with Gasteiger partial charge in [-0.2, -0.15) is 0 Å². The van der Waals surface area contributed by atoms with E-state index in [0.717, 1.165) is 19.3 Å². The van der Waals surface area contributed by atoms with Crippen molar-refractivity contribution < 1.29 is 9.90 Å². The molecule has 0 fully saturated rings. The molecule has 1 N–H and O–H groups in total. The zero-order valence-corrected chi connectivity index (χ0v) is 10.2. The van der Waals surface area contributed by atoms with Gasteiger partial charge in [-0.3, -0.25) is 0 Å². The summed E-state index contributed by atoms with van der Waals surface area (Å²) in [5, 5.41) is 8.67. The highest BCUT2D eigenvalue weighted by Gasteiger charge is 2.31. The molecule has 1 unspecified atom stereocenters. The van der Waals surface area contributed by atoms with Crippen LogP contribution in [-0.2, 0) is 4.79 Å². The Morgan fingerprint density at radius 1 is 1.38 bits per heavy atom. The summed E-state index contributed by atoms with van der Waals surface area (Å²) >= 11 is 8.68. The first-order valence-electron chi connectivity index (χ1n) is 4.62. The minimum atomic E-state index is -1.25. The maximum Gasteiger partial charge on any atom is 0.335 e. The highest BCUT2D eigenvalue weighted by atomic mass is 79.9. The minimum Gasteiger partial charge on any atom is -0.479 e. The maximum atomic E-state index is 10.6. The average Bonchev–Trinajstić information content (AvgIpc) is 2.03. The van der Waals surface area contributed by atoms with Crippen LogP contribution in [0.1, 0.15) is 45.4 Å². The molecule has 0 aromatic rings. The molecule has 0 saturated carbocycles. The van der Waals surface area contributed by atoms with Gasteiger partial charge in [0.25, 0.3) is 0 Å². The molecule has 0 radical (unpaired) electrons. The Bertz CT molecular complexity index is 160. The third kappa shape index (κ3) is 6.33. The van der Waals surface area contributed by atoms with Crippen molar-refractivity contribution in [3.05, 3.63) is 0 Å². The highest BCUT2D eigenvalue weighted by molar-refractivity contribution is 9.10. The van der Waals surface area contributed by atoms with Gasteiger partial charge in [-0.1, -0.05) is 66.6 Å². The zero-order chi connectivity index (χ0) is 10.3. The van der Waals surface area contributed by atoms with Gasteiger partial charge in [-0.15, -0.1) is 0 Å². The largest absolute Gasteiger partial charge is 0.479 e. The van der Waals surface area contributed by atoms with E-state index in [1.165, 1.54) is 12.8 Å². The molecule has 0 aliphatic rings. The van der Waals surface area contributed by atoms with Gasteiger partial charge in [0.1, 0.15) is 0 Å². The molecule has 0 rings (SSSR count). The van der Waals surface area contributed by atoms with Crippen LogP contribution in [0.15, 0.2) is 0 Å². The molecule has 0 aliphatic carbocycles. The zero-order valence-electron chi connectivity index (χ0n) is 7.85. The Morgan fingerprint density at radius 2 is 1.92 bits per heavy atom. The number of aliphatic carboxylic acids is 1. The number of rotatable bonds is 7. The van der Waals surface area contributed by atoms with Crippen LogP contribution in [0, 0.1) is 0 Å². The summed E-state index contributed by atoms with van der Waals surface area (Å²) in [7, 11) is 0. The molecule has 0 amide bonds. The highest BCUT2D eigenvalue weighted by Crippen LogP contribution is 2.30. The molecule has 0 spiro atoms. The second-order valence-corrected chi connectivity index (χ2v) is 5.63. The van der Waals surface area contributed by atoms with Crippen molar-refractivity contribution in [3.8, 4) is 0 Å². The lowest BCUT2D eigenvalue weighted by molar-refractivity contribution is -0.137. The number of hydrogen-bond acceptors (Lipinski definition) is 1. The molecule has 78 valence electrons. The second-order valence-electron chi connectivity index (χ2n) is 3.17. The van der Waals surface area contributed by atoms with Crippen LogP contribution in [0.25, 0.3) is 0 Å². The number of carboxylic acid groups (broad SMARTS) is 1. The number of hydrogen-bond donors (Lipinski definition) is 1. The molecule has 0 aromatic heterocycles. The molecule has 0 aromatic carbocycles. The molecule has 1 atom stereocenters. The first-order chi connectivity index (χ1) is 6.00. The van der Waals surface area contributed by atoms with E-state index in [-0.39, 0.29) is 0 Å². The third-order valence-electron chi connectivity index (χ3n) is 1.91. The molecular formula is C9H16BrClO2. The summed E-state index contributed by atoms with van der Waals surface area (Å²) in [6, 6.07) is 0. The predicted molar refractivity (Wildman–Crippen MR) is 58.5 cm³/mol. The standard InChI is InChI=1S/C9H16BrClO2/c1-2-3-4-5-6-7-9(10,11)8(12)13/h2-7H2,1H3,(H,12,13). The Hall–Kier alpha value is 0.240. The van der Waals surface area contributed by atoms with E-state index < -0.39 is 9.75 Å². The Morgan fingerprint density at radius 3 is 2.38 bits per heavy atom. The van der Waals surface area contributed by atoms with E-state index in [1.807, 2.05) is 0 Å². The van der Waals surface area contributed by atoms with Gasteiger partial charge in [-0.05, 0) is 6.42 Å². The van der Waals surface area contributed by atoms with Crippen LogP contribution in [0.4, 0.5) is 0 Å². The average molecular weight is 272 g/mol.